The first-order valence-corrected chi connectivity index (χ1v) is 8.90. The van der Waals surface area contributed by atoms with Crippen LogP contribution in [0.5, 0.6) is 0 Å². The summed E-state index contributed by atoms with van der Waals surface area (Å²) in [6.07, 6.45) is 2.52. The van der Waals surface area contributed by atoms with Crippen molar-refractivity contribution in [3.8, 4) is 0 Å². The highest BCUT2D eigenvalue weighted by Gasteiger charge is 2.26. The smallest absolute Gasteiger partial charge is 0.265 e. The number of piperazine rings is 1. The minimum absolute atomic E-state index is 0.241. The number of carbonyl (C=O) groups excluding carboxylic acids is 1. The maximum atomic E-state index is 11.5. The van der Waals surface area contributed by atoms with Gasteiger partial charge in [0.1, 0.15) is 0 Å². The van der Waals surface area contributed by atoms with E-state index in [0.29, 0.717) is 5.56 Å². The first kappa shape index (κ1) is 17.4. The molecule has 2 aliphatic rings. The molecule has 1 amide bonds. The second-order valence-corrected chi connectivity index (χ2v) is 7.02. The molecule has 0 spiro atoms. The molecule has 0 radical (unpaired) electrons. The fraction of sp³-hybridized carbons (Fsp3) is 0.611. The van der Waals surface area contributed by atoms with Gasteiger partial charge in [-0.15, -0.1) is 0 Å². The van der Waals surface area contributed by atoms with E-state index in [2.05, 4.69) is 27.2 Å². The van der Waals surface area contributed by atoms with Crippen molar-refractivity contribution < 1.29 is 4.79 Å². The Hall–Kier alpha value is -1.47. The Labute approximate surface area is 144 Å². The van der Waals surface area contributed by atoms with Crippen LogP contribution in [0.3, 0.4) is 0 Å². The third kappa shape index (κ3) is 4.33. The highest BCUT2D eigenvalue weighted by atomic mass is 16.2. The van der Waals surface area contributed by atoms with E-state index in [-0.39, 0.29) is 5.91 Å². The fourth-order valence-corrected chi connectivity index (χ4v) is 3.73. The molecule has 0 aromatic heterocycles. The van der Waals surface area contributed by atoms with E-state index in [1.54, 1.807) is 0 Å². The molecule has 6 heteroatoms. The monoisotopic (exact) mass is 331 g/mol. The maximum Gasteiger partial charge on any atom is 0.265 e. The van der Waals surface area contributed by atoms with Gasteiger partial charge >= 0.3 is 0 Å². The molecular formula is C18H29N5O. The first-order valence-electron chi connectivity index (χ1n) is 8.90. The molecular weight excluding hydrogens is 302 g/mol. The molecule has 0 unspecified atom stereocenters. The highest BCUT2D eigenvalue weighted by molar-refractivity contribution is 5.93. The summed E-state index contributed by atoms with van der Waals surface area (Å²) in [4.78, 5) is 19.1. The number of nitrogens with zero attached hydrogens (tertiary/aromatic N) is 3. The number of nitrogen functional groups attached to an aromatic ring is 1. The third-order valence-electron chi connectivity index (χ3n) is 5.36. The Morgan fingerprint density at radius 1 is 1.08 bits per heavy atom. The van der Waals surface area contributed by atoms with Gasteiger partial charge in [0.15, 0.2) is 0 Å². The minimum atomic E-state index is -0.241. The van der Waals surface area contributed by atoms with E-state index in [1.165, 1.54) is 44.6 Å². The van der Waals surface area contributed by atoms with Crippen LogP contribution in [0.4, 0.5) is 0 Å². The van der Waals surface area contributed by atoms with Crippen molar-refractivity contribution >= 4 is 5.91 Å². The van der Waals surface area contributed by atoms with Gasteiger partial charge in [-0.05, 0) is 50.7 Å². The summed E-state index contributed by atoms with van der Waals surface area (Å²) in [6.45, 7) is 8.09. The molecule has 3 N–H and O–H groups in total. The number of carbonyl (C=O) groups is 1. The molecule has 2 aliphatic heterocycles. The summed E-state index contributed by atoms with van der Waals surface area (Å²) in [5, 5.41) is 0. The molecule has 0 atom stereocenters. The average Bonchev–Trinajstić information content (AvgIpc) is 2.63. The van der Waals surface area contributed by atoms with Crippen LogP contribution in [-0.4, -0.2) is 73.0 Å². The van der Waals surface area contributed by atoms with Crippen LogP contribution in [0.15, 0.2) is 24.3 Å². The zero-order valence-electron chi connectivity index (χ0n) is 14.6. The molecule has 1 aromatic rings. The van der Waals surface area contributed by atoms with Crippen molar-refractivity contribution in [3.63, 3.8) is 0 Å². The average molecular weight is 331 g/mol. The molecule has 2 heterocycles. The van der Waals surface area contributed by atoms with Gasteiger partial charge in [-0.1, -0.05) is 12.1 Å². The normalized spacial score (nSPS) is 21.8. The van der Waals surface area contributed by atoms with Crippen LogP contribution in [-0.2, 0) is 6.54 Å². The lowest BCUT2D eigenvalue weighted by molar-refractivity contribution is 0.0658. The van der Waals surface area contributed by atoms with Crippen molar-refractivity contribution in [3.05, 3.63) is 35.4 Å². The Morgan fingerprint density at radius 2 is 1.71 bits per heavy atom. The molecule has 132 valence electrons. The molecule has 3 rings (SSSR count). The van der Waals surface area contributed by atoms with E-state index in [4.69, 9.17) is 5.84 Å². The second-order valence-electron chi connectivity index (χ2n) is 7.02. The predicted octanol–water partition coefficient (Wildman–Crippen LogP) is 0.502. The zero-order chi connectivity index (χ0) is 16.9. The van der Waals surface area contributed by atoms with Gasteiger partial charge in [0.05, 0.1) is 0 Å². The van der Waals surface area contributed by atoms with E-state index in [1.807, 2.05) is 24.3 Å². The molecule has 24 heavy (non-hydrogen) atoms. The number of likely N-dealkylation sites (N-methyl/N-ethyl adjacent to an activating group) is 1. The molecule has 2 saturated heterocycles. The van der Waals surface area contributed by atoms with E-state index in [0.717, 1.165) is 25.7 Å². The van der Waals surface area contributed by atoms with Crippen molar-refractivity contribution in [2.24, 2.45) is 5.84 Å². The highest BCUT2D eigenvalue weighted by Crippen LogP contribution is 2.19. The van der Waals surface area contributed by atoms with Crippen LogP contribution in [0.1, 0.15) is 28.8 Å². The number of amides is 1. The van der Waals surface area contributed by atoms with Gasteiger partial charge in [0.2, 0.25) is 0 Å². The number of hydrazine groups is 1. The molecule has 6 nitrogen and oxygen atoms in total. The van der Waals surface area contributed by atoms with Gasteiger partial charge in [0, 0.05) is 44.3 Å². The lowest BCUT2D eigenvalue weighted by atomic mass is 10.0. The van der Waals surface area contributed by atoms with Crippen LogP contribution < -0.4 is 11.3 Å². The van der Waals surface area contributed by atoms with Crippen molar-refractivity contribution in [2.75, 3.05) is 46.3 Å². The SMILES string of the molecule is CN1CCN(C2CCN(Cc3ccc(C(=O)NN)cc3)CC2)CC1. The summed E-state index contributed by atoms with van der Waals surface area (Å²) in [5.74, 6) is 4.92. The summed E-state index contributed by atoms with van der Waals surface area (Å²) < 4.78 is 0. The number of likely N-dealkylation sites (tertiary alicyclic amines) is 1. The number of nitrogens with two attached hydrogens (primary N) is 1. The first-order chi connectivity index (χ1) is 11.7. The quantitative estimate of drug-likeness (QED) is 0.478. The van der Waals surface area contributed by atoms with Gasteiger partial charge < -0.3 is 4.90 Å². The second kappa shape index (κ2) is 8.07. The van der Waals surface area contributed by atoms with Crippen molar-refractivity contribution in [1.82, 2.24) is 20.1 Å². The molecule has 0 saturated carbocycles. The van der Waals surface area contributed by atoms with Crippen LogP contribution in [0.2, 0.25) is 0 Å². The topological polar surface area (TPSA) is 64.8 Å². The van der Waals surface area contributed by atoms with Gasteiger partial charge in [-0.3, -0.25) is 20.0 Å². The lowest BCUT2D eigenvalue weighted by Gasteiger charge is -2.42. The van der Waals surface area contributed by atoms with Gasteiger partial charge in [-0.2, -0.15) is 0 Å². The van der Waals surface area contributed by atoms with Crippen molar-refractivity contribution in [2.45, 2.75) is 25.4 Å². The number of rotatable bonds is 4. The van der Waals surface area contributed by atoms with E-state index >= 15 is 0 Å². The number of benzene rings is 1. The van der Waals surface area contributed by atoms with Crippen LogP contribution in [0.25, 0.3) is 0 Å². The van der Waals surface area contributed by atoms with E-state index < -0.39 is 0 Å². The predicted molar refractivity (Wildman–Crippen MR) is 95.5 cm³/mol. The Bertz CT molecular complexity index is 531. The Kier molecular flexibility index (Phi) is 5.84. The molecule has 1 aromatic carbocycles. The number of hydrogen-bond donors (Lipinski definition) is 2. The van der Waals surface area contributed by atoms with Crippen molar-refractivity contribution in [1.29, 1.82) is 0 Å². The van der Waals surface area contributed by atoms with Crippen LogP contribution >= 0.6 is 0 Å². The zero-order valence-corrected chi connectivity index (χ0v) is 14.6. The number of nitrogens with one attached hydrogen (secondary N) is 1. The minimum Gasteiger partial charge on any atom is -0.304 e. The number of piperidine rings is 1. The lowest BCUT2D eigenvalue weighted by Crippen LogP contribution is -2.52. The van der Waals surface area contributed by atoms with Gasteiger partial charge in [-0.25, -0.2) is 5.84 Å². The largest absolute Gasteiger partial charge is 0.304 e. The summed E-state index contributed by atoms with van der Waals surface area (Å²) >= 11 is 0. The van der Waals surface area contributed by atoms with Crippen LogP contribution in [0, 0.1) is 0 Å². The molecule has 0 bridgehead atoms. The van der Waals surface area contributed by atoms with Gasteiger partial charge in [0.25, 0.3) is 5.91 Å². The van der Waals surface area contributed by atoms with E-state index in [9.17, 15) is 4.79 Å². The maximum absolute atomic E-state index is 11.5. The number of hydrogen-bond acceptors (Lipinski definition) is 5. The summed E-state index contributed by atoms with van der Waals surface area (Å²) in [6, 6.07) is 8.49. The Balaban J connectivity index is 1.46. The summed E-state index contributed by atoms with van der Waals surface area (Å²) in [7, 11) is 2.21. The molecule has 0 aliphatic carbocycles. The standard InChI is InChI=1S/C18H29N5O/c1-21-10-12-23(13-11-21)17-6-8-22(9-7-17)14-15-2-4-16(5-3-15)18(24)20-19/h2-5,17H,6-14,19H2,1H3,(H,20,24). The molecule has 2 fully saturated rings. The summed E-state index contributed by atoms with van der Waals surface area (Å²) in [5.41, 5.74) is 4.02. The Morgan fingerprint density at radius 3 is 2.29 bits per heavy atom. The fourth-order valence-electron chi connectivity index (χ4n) is 3.73. The third-order valence-corrected chi connectivity index (χ3v) is 5.36.